The summed E-state index contributed by atoms with van der Waals surface area (Å²) in [6.07, 6.45) is 6.70. The fourth-order valence-electron chi connectivity index (χ4n) is 3.73. The number of carbonyl (C=O) groups excluding carboxylic acids is 1. The minimum Gasteiger partial charge on any atom is -0.495 e. The summed E-state index contributed by atoms with van der Waals surface area (Å²) in [4.78, 5) is 14.8. The second-order valence-corrected chi connectivity index (χ2v) is 8.92. The first kappa shape index (κ1) is 21.7. The van der Waals surface area contributed by atoms with Crippen LogP contribution in [0.5, 0.6) is 5.75 Å². The van der Waals surface area contributed by atoms with E-state index in [0.29, 0.717) is 18.7 Å². The molecule has 1 fully saturated rings. The number of rotatable bonds is 7. The van der Waals surface area contributed by atoms with Gasteiger partial charge in [-0.25, -0.2) is 8.42 Å². The Balaban J connectivity index is 2.37. The van der Waals surface area contributed by atoms with Gasteiger partial charge in [0.05, 0.1) is 7.11 Å². The van der Waals surface area contributed by atoms with E-state index in [1.54, 1.807) is 30.9 Å². The van der Waals surface area contributed by atoms with Crippen molar-refractivity contribution in [3.8, 4) is 5.75 Å². The van der Waals surface area contributed by atoms with E-state index in [0.717, 1.165) is 25.7 Å². The van der Waals surface area contributed by atoms with Crippen molar-refractivity contribution in [1.82, 2.24) is 9.21 Å². The monoisotopic (exact) mass is 396 g/mol. The molecule has 0 heterocycles. The van der Waals surface area contributed by atoms with Gasteiger partial charge in [0.15, 0.2) is 0 Å². The Hall–Kier alpha value is -1.60. The van der Waals surface area contributed by atoms with E-state index in [2.05, 4.69) is 0 Å². The molecule has 0 radical (unpaired) electrons. The van der Waals surface area contributed by atoms with E-state index in [1.165, 1.54) is 30.3 Å². The molecule has 1 aromatic carbocycles. The SMILES string of the molecule is CCN(CC)S(=O)(=O)c1cc(C(=O)N(C)C2CCCCCC2)ccc1OC. The summed E-state index contributed by atoms with van der Waals surface area (Å²) >= 11 is 0. The molecule has 1 aliphatic rings. The highest BCUT2D eigenvalue weighted by atomic mass is 32.2. The van der Waals surface area contributed by atoms with Crippen molar-refractivity contribution in [2.75, 3.05) is 27.2 Å². The number of methoxy groups -OCH3 is 1. The molecule has 0 N–H and O–H groups in total. The average Bonchev–Trinajstić information content (AvgIpc) is 2.96. The molecule has 1 aromatic rings. The molecule has 0 unspecified atom stereocenters. The van der Waals surface area contributed by atoms with E-state index < -0.39 is 10.0 Å². The second-order valence-electron chi connectivity index (χ2n) is 7.02. The number of carbonyl (C=O) groups is 1. The van der Waals surface area contributed by atoms with Gasteiger partial charge in [-0.2, -0.15) is 4.31 Å². The summed E-state index contributed by atoms with van der Waals surface area (Å²) in [5.41, 5.74) is 0.383. The summed E-state index contributed by atoms with van der Waals surface area (Å²) in [6, 6.07) is 4.90. The fraction of sp³-hybridized carbons (Fsp3) is 0.650. The first-order chi connectivity index (χ1) is 12.9. The first-order valence-electron chi connectivity index (χ1n) is 9.82. The van der Waals surface area contributed by atoms with E-state index in [9.17, 15) is 13.2 Å². The predicted molar refractivity (Wildman–Crippen MR) is 107 cm³/mol. The van der Waals surface area contributed by atoms with Crippen molar-refractivity contribution in [3.05, 3.63) is 23.8 Å². The molecule has 2 rings (SSSR count). The van der Waals surface area contributed by atoms with Gasteiger partial charge in [-0.05, 0) is 31.0 Å². The third-order valence-corrected chi connectivity index (χ3v) is 7.50. The standard InChI is InChI=1S/C20H32N2O4S/c1-5-22(6-2)27(24,25)19-15-16(13-14-18(19)26-4)20(23)21(3)17-11-9-7-8-10-12-17/h13-15,17H,5-12H2,1-4H3. The number of nitrogens with zero attached hydrogens (tertiary/aromatic N) is 2. The van der Waals surface area contributed by atoms with Crippen LogP contribution in [0.25, 0.3) is 0 Å². The maximum Gasteiger partial charge on any atom is 0.253 e. The molecular formula is C20H32N2O4S. The van der Waals surface area contributed by atoms with Crippen LogP contribution in [-0.4, -0.2) is 56.8 Å². The molecule has 0 aliphatic heterocycles. The van der Waals surface area contributed by atoms with E-state index in [4.69, 9.17) is 4.74 Å². The largest absolute Gasteiger partial charge is 0.495 e. The predicted octanol–water partition coefficient (Wildman–Crippen LogP) is 3.52. The van der Waals surface area contributed by atoms with Crippen molar-refractivity contribution >= 4 is 15.9 Å². The number of ether oxygens (including phenoxy) is 1. The summed E-state index contributed by atoms with van der Waals surface area (Å²) in [6.45, 7) is 4.31. The molecule has 0 saturated heterocycles. The molecule has 27 heavy (non-hydrogen) atoms. The van der Waals surface area contributed by atoms with Crippen LogP contribution in [0.1, 0.15) is 62.7 Å². The Kier molecular flexibility index (Phi) is 7.68. The lowest BCUT2D eigenvalue weighted by Crippen LogP contribution is -2.37. The molecule has 6 nitrogen and oxygen atoms in total. The van der Waals surface area contributed by atoms with Gasteiger partial charge in [0.25, 0.3) is 5.91 Å². The van der Waals surface area contributed by atoms with Crippen LogP contribution in [0, 0.1) is 0 Å². The van der Waals surface area contributed by atoms with Crippen molar-refractivity contribution in [2.45, 2.75) is 63.3 Å². The van der Waals surface area contributed by atoms with Crippen LogP contribution in [0.2, 0.25) is 0 Å². The number of hydrogen-bond donors (Lipinski definition) is 0. The first-order valence-corrected chi connectivity index (χ1v) is 11.3. The normalized spacial score (nSPS) is 16.2. The van der Waals surface area contributed by atoms with Crippen molar-refractivity contribution < 1.29 is 17.9 Å². The molecule has 7 heteroatoms. The molecule has 0 atom stereocenters. The Morgan fingerprint density at radius 2 is 1.70 bits per heavy atom. The zero-order valence-electron chi connectivity index (χ0n) is 16.9. The van der Waals surface area contributed by atoms with Gasteiger partial charge in [0.2, 0.25) is 10.0 Å². The van der Waals surface area contributed by atoms with Gasteiger partial charge >= 0.3 is 0 Å². The summed E-state index contributed by atoms with van der Waals surface area (Å²) in [5, 5.41) is 0. The minimum atomic E-state index is -3.72. The van der Waals surface area contributed by atoms with Gasteiger partial charge in [-0.15, -0.1) is 0 Å². The van der Waals surface area contributed by atoms with Gasteiger partial charge in [0, 0.05) is 31.7 Å². The molecule has 0 spiro atoms. The summed E-state index contributed by atoms with van der Waals surface area (Å²) in [5.74, 6) is 0.121. The zero-order valence-corrected chi connectivity index (χ0v) is 17.7. The summed E-state index contributed by atoms with van der Waals surface area (Å²) in [7, 11) is -0.458. The zero-order chi connectivity index (χ0) is 20.0. The molecule has 0 bridgehead atoms. The highest BCUT2D eigenvalue weighted by Gasteiger charge is 2.28. The average molecular weight is 397 g/mol. The van der Waals surface area contributed by atoms with Crippen LogP contribution in [0.3, 0.4) is 0 Å². The quantitative estimate of drug-likeness (QED) is 0.662. The number of hydrogen-bond acceptors (Lipinski definition) is 4. The molecule has 152 valence electrons. The smallest absolute Gasteiger partial charge is 0.253 e. The topological polar surface area (TPSA) is 66.9 Å². The Morgan fingerprint density at radius 3 is 2.22 bits per heavy atom. The number of amides is 1. The van der Waals surface area contributed by atoms with Gasteiger partial charge in [-0.1, -0.05) is 39.5 Å². The van der Waals surface area contributed by atoms with E-state index in [-0.39, 0.29) is 22.6 Å². The van der Waals surface area contributed by atoms with Crippen molar-refractivity contribution in [3.63, 3.8) is 0 Å². The maximum absolute atomic E-state index is 13.0. The Bertz CT molecular complexity index is 736. The Labute approximate surface area is 163 Å². The molecule has 1 amide bonds. The van der Waals surface area contributed by atoms with Crippen LogP contribution in [-0.2, 0) is 10.0 Å². The lowest BCUT2D eigenvalue weighted by molar-refractivity contribution is 0.0717. The third-order valence-electron chi connectivity index (χ3n) is 5.43. The lowest BCUT2D eigenvalue weighted by Gasteiger charge is -2.28. The molecule has 1 aliphatic carbocycles. The fourth-order valence-corrected chi connectivity index (χ4v) is 5.37. The lowest BCUT2D eigenvalue weighted by atomic mass is 10.1. The highest BCUT2D eigenvalue weighted by molar-refractivity contribution is 7.89. The van der Waals surface area contributed by atoms with Crippen LogP contribution in [0.4, 0.5) is 0 Å². The summed E-state index contributed by atoms with van der Waals surface area (Å²) < 4.78 is 32.6. The molecular weight excluding hydrogens is 364 g/mol. The number of sulfonamides is 1. The number of benzene rings is 1. The van der Waals surface area contributed by atoms with E-state index >= 15 is 0 Å². The van der Waals surface area contributed by atoms with Crippen molar-refractivity contribution in [1.29, 1.82) is 0 Å². The van der Waals surface area contributed by atoms with Gasteiger partial charge in [0.1, 0.15) is 10.6 Å². The van der Waals surface area contributed by atoms with Crippen LogP contribution in [0.15, 0.2) is 23.1 Å². The Morgan fingerprint density at radius 1 is 1.11 bits per heavy atom. The molecule has 0 aromatic heterocycles. The maximum atomic E-state index is 13.0. The van der Waals surface area contributed by atoms with Crippen molar-refractivity contribution in [2.24, 2.45) is 0 Å². The van der Waals surface area contributed by atoms with E-state index in [1.807, 2.05) is 7.05 Å². The third kappa shape index (κ3) is 4.82. The molecule has 1 saturated carbocycles. The van der Waals surface area contributed by atoms with Gasteiger partial charge in [-0.3, -0.25) is 4.79 Å². The second kappa shape index (κ2) is 9.55. The van der Waals surface area contributed by atoms with Gasteiger partial charge < -0.3 is 9.64 Å². The highest BCUT2D eigenvalue weighted by Crippen LogP contribution is 2.29. The van der Waals surface area contributed by atoms with Crippen LogP contribution < -0.4 is 4.74 Å². The minimum absolute atomic E-state index is 0.0498. The van der Waals surface area contributed by atoms with Crippen LogP contribution >= 0.6 is 0 Å².